The van der Waals surface area contributed by atoms with Crippen molar-refractivity contribution < 1.29 is 46.2 Å². The Bertz CT molecular complexity index is 729. The number of rotatable bonds is 6. The van der Waals surface area contributed by atoms with Crippen molar-refractivity contribution >= 4 is 0 Å². The van der Waals surface area contributed by atoms with Crippen LogP contribution < -0.4 is 10.3 Å². The molecule has 0 amide bonds. The molecule has 1 heterocycles. The van der Waals surface area contributed by atoms with Gasteiger partial charge in [-0.1, -0.05) is 42.5 Å². The van der Waals surface area contributed by atoms with Gasteiger partial charge in [0.05, 0.1) is 6.54 Å². The van der Waals surface area contributed by atoms with Gasteiger partial charge in [0.2, 0.25) is 0 Å². The van der Waals surface area contributed by atoms with Gasteiger partial charge in [-0.15, -0.1) is 6.07 Å². The zero-order valence-electron chi connectivity index (χ0n) is 12.8. The Morgan fingerprint density at radius 3 is 2.74 bits per heavy atom. The van der Waals surface area contributed by atoms with Crippen molar-refractivity contribution in [2.45, 2.75) is 19.9 Å². The van der Waals surface area contributed by atoms with E-state index < -0.39 is 18.5 Å². The fraction of sp³-hybridized carbons (Fsp3) is 0.235. The average Bonchev–Trinajstić information content (AvgIpc) is 2.47. The van der Waals surface area contributed by atoms with Crippen LogP contribution in [0.4, 0.5) is 8.78 Å². The van der Waals surface area contributed by atoms with Crippen LogP contribution in [-0.2, 0) is 39.3 Å². The van der Waals surface area contributed by atoms with Crippen molar-refractivity contribution in [3.05, 3.63) is 65.0 Å². The van der Waals surface area contributed by atoms with E-state index in [1.165, 1.54) is 12.1 Å². The number of hydrogen-bond acceptors (Lipinski definition) is 2. The van der Waals surface area contributed by atoms with E-state index >= 15 is 0 Å². The summed E-state index contributed by atoms with van der Waals surface area (Å²) in [4.78, 5) is 11.8. The van der Waals surface area contributed by atoms with Crippen LogP contribution >= 0.6 is 0 Å². The van der Waals surface area contributed by atoms with Gasteiger partial charge in [-0.2, -0.15) is 12.1 Å². The van der Waals surface area contributed by atoms with Gasteiger partial charge in [-0.05, 0) is 12.1 Å². The number of alkyl halides is 2. The summed E-state index contributed by atoms with van der Waals surface area (Å²) in [5.74, 6) is 0.653. The smallest absolute Gasteiger partial charge is 0.256 e. The predicted octanol–water partition coefficient (Wildman–Crippen LogP) is 3.45. The molecule has 6 heteroatoms. The van der Waals surface area contributed by atoms with Crippen molar-refractivity contribution in [2.75, 3.05) is 6.61 Å². The van der Waals surface area contributed by atoms with Crippen LogP contribution in [0.25, 0.3) is 11.3 Å². The van der Waals surface area contributed by atoms with E-state index in [1.807, 2.05) is 6.92 Å². The monoisotopic (exact) mass is 393 g/mol. The second-order valence-corrected chi connectivity index (χ2v) is 4.74. The molecule has 0 saturated heterocycles. The van der Waals surface area contributed by atoms with Gasteiger partial charge in [0.25, 0.3) is 6.43 Å². The summed E-state index contributed by atoms with van der Waals surface area (Å²) in [6.45, 7) is 5.13. The Morgan fingerprint density at radius 1 is 1.39 bits per heavy atom. The van der Waals surface area contributed by atoms with Gasteiger partial charge >= 0.3 is 0 Å². The number of benzene rings is 1. The maximum absolute atomic E-state index is 12.7. The van der Waals surface area contributed by atoms with Crippen LogP contribution in [-0.4, -0.2) is 17.6 Å². The van der Waals surface area contributed by atoms with Gasteiger partial charge in [0.1, 0.15) is 12.4 Å². The molecule has 0 bridgehead atoms. The van der Waals surface area contributed by atoms with E-state index in [1.54, 1.807) is 24.3 Å². The molecule has 23 heavy (non-hydrogen) atoms. The molecular weight excluding hydrogens is 377 g/mol. The number of aromatic nitrogens is 1. The molecule has 0 saturated carbocycles. The van der Waals surface area contributed by atoms with E-state index in [2.05, 4.69) is 12.6 Å². The third-order valence-electron chi connectivity index (χ3n) is 3.12. The maximum atomic E-state index is 12.7. The summed E-state index contributed by atoms with van der Waals surface area (Å²) in [7, 11) is 0. The quantitative estimate of drug-likeness (QED) is 0.556. The van der Waals surface area contributed by atoms with E-state index in [-0.39, 0.29) is 32.7 Å². The summed E-state index contributed by atoms with van der Waals surface area (Å²) in [5.41, 5.74) is 1.36. The molecule has 2 aromatic rings. The van der Waals surface area contributed by atoms with Crippen LogP contribution in [0.5, 0.6) is 5.75 Å². The molecule has 1 radical (unpaired) electrons. The van der Waals surface area contributed by atoms with Gasteiger partial charge in [0, 0.05) is 32.7 Å². The molecule has 0 aliphatic heterocycles. The second-order valence-electron chi connectivity index (χ2n) is 4.74. The minimum absolute atomic E-state index is 0. The van der Waals surface area contributed by atoms with Gasteiger partial charge in [-0.3, -0.25) is 4.79 Å². The Hall–Kier alpha value is -1.33. The molecule has 0 aliphatic carbocycles. The summed E-state index contributed by atoms with van der Waals surface area (Å²) in [6.07, 6.45) is -0.975. The fourth-order valence-electron chi connectivity index (χ4n) is 2.16. The maximum Gasteiger partial charge on any atom is 0.256 e. The first-order chi connectivity index (χ1) is 10.5. The number of hydrogen-bond donors (Lipinski definition) is 0. The molecule has 0 unspecified atom stereocenters. The van der Waals surface area contributed by atoms with E-state index in [0.29, 0.717) is 23.6 Å². The van der Waals surface area contributed by atoms with Crippen LogP contribution in [0.15, 0.2) is 47.8 Å². The van der Waals surface area contributed by atoms with Crippen LogP contribution in [0.2, 0.25) is 0 Å². The molecule has 1 aromatic heterocycles. The van der Waals surface area contributed by atoms with E-state index in [4.69, 9.17) is 4.74 Å². The SMILES string of the molecule is C=CCOc1ccc(-c2[c-]ccc(=O)n2CC(F)F)c(C)c1.[Y]. The third kappa shape index (κ3) is 5.08. The van der Waals surface area contributed by atoms with E-state index in [0.717, 1.165) is 10.1 Å². The predicted molar refractivity (Wildman–Crippen MR) is 81.4 cm³/mol. The minimum Gasteiger partial charge on any atom is -0.490 e. The second kappa shape index (κ2) is 9.09. The molecule has 1 aromatic carbocycles. The molecule has 0 fully saturated rings. The largest absolute Gasteiger partial charge is 0.490 e. The number of pyridine rings is 1. The summed E-state index contributed by atoms with van der Waals surface area (Å²) >= 11 is 0. The number of ether oxygens (including phenoxy) is 1. The van der Waals surface area contributed by atoms with Crippen molar-refractivity contribution in [2.24, 2.45) is 0 Å². The van der Waals surface area contributed by atoms with Crippen molar-refractivity contribution in [1.29, 1.82) is 0 Å². The molecule has 3 nitrogen and oxygen atoms in total. The first-order valence-corrected chi connectivity index (χ1v) is 6.77. The summed E-state index contributed by atoms with van der Waals surface area (Å²) < 4.78 is 31.9. The fourth-order valence-corrected chi connectivity index (χ4v) is 2.16. The van der Waals surface area contributed by atoms with E-state index in [9.17, 15) is 13.6 Å². The first-order valence-electron chi connectivity index (χ1n) is 6.77. The normalized spacial score (nSPS) is 10.3. The Kier molecular flexibility index (Phi) is 7.79. The summed E-state index contributed by atoms with van der Waals surface area (Å²) in [5, 5.41) is 0. The van der Waals surface area contributed by atoms with Crippen molar-refractivity contribution in [3.63, 3.8) is 0 Å². The molecule has 0 N–H and O–H groups in total. The summed E-state index contributed by atoms with van der Waals surface area (Å²) in [6, 6.07) is 10.8. The van der Waals surface area contributed by atoms with Crippen LogP contribution in [0.3, 0.4) is 0 Å². The van der Waals surface area contributed by atoms with Crippen molar-refractivity contribution in [1.82, 2.24) is 4.57 Å². The Morgan fingerprint density at radius 2 is 2.13 bits per heavy atom. The van der Waals surface area contributed by atoms with Crippen LogP contribution in [0, 0.1) is 13.0 Å². The van der Waals surface area contributed by atoms with Gasteiger partial charge in [0.15, 0.2) is 5.56 Å². The first kappa shape index (κ1) is 19.7. The molecule has 0 aliphatic rings. The number of aryl methyl sites for hydroxylation is 1. The van der Waals surface area contributed by atoms with Gasteiger partial charge < -0.3 is 9.30 Å². The molecule has 2 rings (SSSR count). The minimum atomic E-state index is -2.61. The topological polar surface area (TPSA) is 31.2 Å². The standard InChI is InChI=1S/C17H16F2NO2.Y/c1-3-9-22-13-7-8-14(12(2)10-13)15-5-4-6-17(21)20(15)11-16(18)19;/h3-4,6-8,10,16H,1,9,11H2,2H3;/q-1;. The number of nitrogens with zero attached hydrogens (tertiary/aromatic N) is 1. The van der Waals surface area contributed by atoms with Crippen molar-refractivity contribution in [3.8, 4) is 17.0 Å². The number of halogens is 2. The molecular formula is C17H16F2NO2Y-. The molecule has 0 spiro atoms. The van der Waals surface area contributed by atoms with Crippen LogP contribution in [0.1, 0.15) is 5.56 Å². The average molecular weight is 393 g/mol. The Balaban J connectivity index is 0.00000264. The third-order valence-corrected chi connectivity index (χ3v) is 3.12. The molecule has 119 valence electrons. The zero-order chi connectivity index (χ0) is 16.1. The Labute approximate surface area is 158 Å². The molecule has 0 atom stereocenters. The van der Waals surface area contributed by atoms with Gasteiger partial charge in [-0.25, -0.2) is 8.78 Å². The zero-order valence-corrected chi connectivity index (χ0v) is 15.6.